The summed E-state index contributed by atoms with van der Waals surface area (Å²) in [6.45, 7) is 8.54. The number of rotatable bonds is 4. The number of halogens is 3. The fraction of sp³-hybridized carbons (Fsp3) is 0.370. The Morgan fingerprint density at radius 1 is 1.11 bits per heavy atom. The van der Waals surface area contributed by atoms with E-state index in [1.165, 1.54) is 18.2 Å². The molecule has 0 amide bonds. The van der Waals surface area contributed by atoms with Crippen molar-refractivity contribution >= 4 is 29.8 Å². The Hall–Kier alpha value is -3.11. The van der Waals surface area contributed by atoms with Gasteiger partial charge in [0.2, 0.25) is 0 Å². The van der Waals surface area contributed by atoms with Gasteiger partial charge in [0, 0.05) is 22.7 Å². The highest BCUT2D eigenvalue weighted by Gasteiger charge is 2.27. The van der Waals surface area contributed by atoms with Crippen LogP contribution in [0, 0.1) is 29.9 Å². The first kappa shape index (κ1) is 30.1. The molecule has 2 aromatic carbocycles. The van der Waals surface area contributed by atoms with Gasteiger partial charge in [-0.2, -0.15) is 0 Å². The Morgan fingerprint density at radius 3 is 2.38 bits per heavy atom. The summed E-state index contributed by atoms with van der Waals surface area (Å²) in [6, 6.07) is 9.11. The molecule has 2 unspecified atom stereocenters. The van der Waals surface area contributed by atoms with Gasteiger partial charge in [0.05, 0.1) is 16.9 Å². The van der Waals surface area contributed by atoms with E-state index in [9.17, 15) is 13.2 Å². The normalized spacial score (nSPS) is 16.6. The molecule has 1 aliphatic heterocycles. The van der Waals surface area contributed by atoms with Crippen molar-refractivity contribution in [2.45, 2.75) is 51.6 Å². The summed E-state index contributed by atoms with van der Waals surface area (Å²) in [7, 11) is 0. The minimum absolute atomic E-state index is 0.0314. The van der Waals surface area contributed by atoms with E-state index in [2.05, 4.69) is 27.9 Å². The van der Waals surface area contributed by atoms with Crippen molar-refractivity contribution in [3.63, 3.8) is 0 Å². The molecule has 4 rings (SSSR count). The number of nitrogens with two attached hydrogens (primary N) is 2. The van der Waals surface area contributed by atoms with Gasteiger partial charge in [0.15, 0.2) is 5.82 Å². The van der Waals surface area contributed by atoms with Crippen molar-refractivity contribution in [3.05, 3.63) is 64.9 Å². The summed E-state index contributed by atoms with van der Waals surface area (Å²) in [5.41, 5.74) is 14.2. The highest BCUT2D eigenvalue weighted by molar-refractivity contribution is 7.80. The zero-order chi connectivity index (χ0) is 27.7. The lowest BCUT2D eigenvalue weighted by Gasteiger charge is -2.27. The number of benzene rings is 2. The van der Waals surface area contributed by atoms with Crippen molar-refractivity contribution in [2.24, 2.45) is 5.92 Å². The zero-order valence-electron chi connectivity index (χ0n) is 21.6. The number of aromatic nitrogens is 2. The molecule has 0 bridgehead atoms. The Bertz CT molecular complexity index is 1220. The number of nitrogens with one attached hydrogen (secondary N) is 2. The van der Waals surface area contributed by atoms with Crippen LogP contribution in [0.25, 0.3) is 11.4 Å². The van der Waals surface area contributed by atoms with Crippen LogP contribution in [0.2, 0.25) is 0 Å². The summed E-state index contributed by atoms with van der Waals surface area (Å²) in [5, 5.41) is 11.0. The van der Waals surface area contributed by atoms with Crippen LogP contribution >= 0.6 is 12.6 Å². The summed E-state index contributed by atoms with van der Waals surface area (Å²) in [6.07, 6.45) is 0.0372. The number of piperidine rings is 1. The fourth-order valence-corrected chi connectivity index (χ4v) is 4.13. The van der Waals surface area contributed by atoms with Crippen molar-refractivity contribution in [1.82, 2.24) is 15.3 Å². The number of hydrogen-bond acceptors (Lipinski definition) is 7. The largest absolute Gasteiger partial charge is 0.396 e. The highest BCUT2D eigenvalue weighted by Crippen LogP contribution is 2.28. The van der Waals surface area contributed by atoms with E-state index in [1.807, 2.05) is 20.8 Å². The Morgan fingerprint density at radius 2 is 1.81 bits per heavy atom. The third-order valence-corrected chi connectivity index (χ3v) is 6.09. The quantitative estimate of drug-likeness (QED) is 0.166. The number of alkyl halides is 1. The van der Waals surface area contributed by atoms with Crippen LogP contribution in [0.4, 0.5) is 24.7 Å². The molecule has 0 aliphatic carbocycles. The standard InChI is InChI=1S/C18H22F2N6.C7H7FS.C2H6/c1-9(21)16-15(7-10-4-5-24-8-13(10)20)25-18(26-17(16)23)11-2-3-14(22)12(19)6-11;1-5-2-3-6(8)7(9)4-5;1-2/h2-3,6,10,13,21,24H,4-5,7-8,22H2,1H3,(H2,23,25,26);2-4,9H,1H3;1-2H3. The summed E-state index contributed by atoms with van der Waals surface area (Å²) < 4.78 is 40.5. The summed E-state index contributed by atoms with van der Waals surface area (Å²) in [5.74, 6) is -0.658. The molecule has 6 nitrogen and oxygen atoms in total. The molecule has 0 saturated carbocycles. The summed E-state index contributed by atoms with van der Waals surface area (Å²) >= 11 is 3.89. The number of hydrogen-bond donors (Lipinski definition) is 5. The van der Waals surface area contributed by atoms with Gasteiger partial charge < -0.3 is 22.2 Å². The van der Waals surface area contributed by atoms with Gasteiger partial charge in [-0.15, -0.1) is 12.6 Å². The molecule has 1 fully saturated rings. The second-order valence-corrected chi connectivity index (χ2v) is 9.03. The third kappa shape index (κ3) is 8.19. The Balaban J connectivity index is 0.000000367. The second-order valence-electron chi connectivity index (χ2n) is 8.54. The van der Waals surface area contributed by atoms with E-state index in [-0.39, 0.29) is 34.8 Å². The molecule has 2 atom stereocenters. The predicted octanol–water partition coefficient (Wildman–Crippen LogP) is 5.77. The molecule has 10 heteroatoms. The predicted molar refractivity (Wildman–Crippen MR) is 148 cm³/mol. The minimum Gasteiger partial charge on any atom is -0.396 e. The summed E-state index contributed by atoms with van der Waals surface area (Å²) in [4.78, 5) is 9.13. The molecule has 200 valence electrons. The first-order chi connectivity index (χ1) is 17.6. The second kappa shape index (κ2) is 14.0. The highest BCUT2D eigenvalue weighted by atomic mass is 32.1. The molecular weight excluding hydrogens is 497 g/mol. The maximum absolute atomic E-state index is 14.2. The third-order valence-electron chi connectivity index (χ3n) is 5.75. The van der Waals surface area contributed by atoms with E-state index >= 15 is 0 Å². The minimum atomic E-state index is -0.990. The van der Waals surface area contributed by atoms with Crippen LogP contribution in [-0.4, -0.2) is 34.9 Å². The molecular formula is C27H35F3N6S. The lowest BCUT2D eigenvalue weighted by Crippen LogP contribution is -2.39. The van der Waals surface area contributed by atoms with Crippen LogP contribution in [0.3, 0.4) is 0 Å². The van der Waals surface area contributed by atoms with Crippen molar-refractivity contribution in [3.8, 4) is 11.4 Å². The lowest BCUT2D eigenvalue weighted by molar-refractivity contribution is 0.178. The molecule has 3 aromatic rings. The lowest BCUT2D eigenvalue weighted by atomic mass is 9.89. The molecule has 0 radical (unpaired) electrons. The molecule has 1 saturated heterocycles. The van der Waals surface area contributed by atoms with Gasteiger partial charge in [0.1, 0.15) is 23.6 Å². The van der Waals surface area contributed by atoms with Crippen LogP contribution in [-0.2, 0) is 6.42 Å². The maximum Gasteiger partial charge on any atom is 0.161 e. The Labute approximate surface area is 222 Å². The smallest absolute Gasteiger partial charge is 0.161 e. The molecule has 37 heavy (non-hydrogen) atoms. The number of aryl methyl sites for hydroxylation is 1. The number of nitrogen functional groups attached to an aromatic ring is 2. The zero-order valence-corrected chi connectivity index (χ0v) is 22.5. The molecule has 1 aliphatic rings. The van der Waals surface area contributed by atoms with Gasteiger partial charge in [-0.25, -0.2) is 23.1 Å². The maximum atomic E-state index is 14.2. The van der Waals surface area contributed by atoms with Crippen molar-refractivity contribution in [1.29, 1.82) is 5.41 Å². The van der Waals surface area contributed by atoms with Crippen LogP contribution < -0.4 is 16.8 Å². The monoisotopic (exact) mass is 532 g/mol. The van der Waals surface area contributed by atoms with Crippen LogP contribution in [0.15, 0.2) is 41.3 Å². The molecule has 2 heterocycles. The van der Waals surface area contributed by atoms with Crippen LogP contribution in [0.1, 0.15) is 44.0 Å². The van der Waals surface area contributed by atoms with Gasteiger partial charge >= 0.3 is 0 Å². The van der Waals surface area contributed by atoms with E-state index in [4.69, 9.17) is 16.9 Å². The average molecular weight is 533 g/mol. The molecule has 1 aromatic heterocycles. The number of anilines is 2. The number of nitrogens with zero attached hydrogens (tertiary/aromatic N) is 2. The van der Waals surface area contributed by atoms with Crippen LogP contribution in [0.5, 0.6) is 0 Å². The van der Waals surface area contributed by atoms with Gasteiger partial charge in [0.25, 0.3) is 0 Å². The van der Waals surface area contributed by atoms with Gasteiger partial charge in [-0.3, -0.25) is 0 Å². The van der Waals surface area contributed by atoms with E-state index in [0.717, 1.165) is 12.1 Å². The molecule has 6 N–H and O–H groups in total. The number of thiol groups is 1. The van der Waals surface area contributed by atoms with Crippen molar-refractivity contribution in [2.75, 3.05) is 24.6 Å². The fourth-order valence-electron chi connectivity index (χ4n) is 3.85. The average Bonchev–Trinajstić information content (AvgIpc) is 2.86. The van der Waals surface area contributed by atoms with Gasteiger partial charge in [-0.1, -0.05) is 19.9 Å². The van der Waals surface area contributed by atoms with E-state index in [0.29, 0.717) is 41.1 Å². The van der Waals surface area contributed by atoms with Gasteiger partial charge in [-0.05, 0) is 75.0 Å². The van der Waals surface area contributed by atoms with E-state index in [1.54, 1.807) is 25.1 Å². The SMILES string of the molecule is CC.CC(=N)c1c(N)nc(-c2ccc(N)c(F)c2)nc1CC1CCNCC1F.Cc1ccc(F)c(S)c1. The first-order valence-corrected chi connectivity index (χ1v) is 12.6. The molecule has 0 spiro atoms. The topological polar surface area (TPSA) is 114 Å². The van der Waals surface area contributed by atoms with Crippen molar-refractivity contribution < 1.29 is 13.2 Å². The first-order valence-electron chi connectivity index (χ1n) is 12.1. The Kier molecular flexibility index (Phi) is 11.4. The van der Waals surface area contributed by atoms with E-state index < -0.39 is 12.0 Å².